The zero-order valence-electron chi connectivity index (χ0n) is 14.2. The first-order valence-corrected chi connectivity index (χ1v) is 9.56. The number of aryl methyl sites for hydroxylation is 1. The normalized spacial score (nSPS) is 24.8. The van der Waals surface area contributed by atoms with E-state index in [1.807, 2.05) is 0 Å². The van der Waals surface area contributed by atoms with Gasteiger partial charge < -0.3 is 0 Å². The Morgan fingerprint density at radius 1 is 1.05 bits per heavy atom. The summed E-state index contributed by atoms with van der Waals surface area (Å²) >= 11 is 3.98. The molecule has 1 fully saturated rings. The van der Waals surface area contributed by atoms with Gasteiger partial charge in [0, 0.05) is 4.83 Å². The molecular weight excluding hydrogens is 320 g/mol. The van der Waals surface area contributed by atoms with Crippen molar-refractivity contribution >= 4 is 15.9 Å². The molecule has 0 bridgehead atoms. The lowest BCUT2D eigenvalue weighted by Gasteiger charge is -2.38. The second kappa shape index (κ2) is 7.31. The molecule has 1 saturated carbocycles. The van der Waals surface area contributed by atoms with E-state index in [9.17, 15) is 0 Å². The van der Waals surface area contributed by atoms with E-state index in [0.29, 0.717) is 10.2 Å². The molecule has 1 aliphatic carbocycles. The fourth-order valence-corrected chi connectivity index (χ4v) is 4.54. The van der Waals surface area contributed by atoms with Gasteiger partial charge in [-0.1, -0.05) is 74.3 Å². The SMILES string of the molecule is CCCc1ccc(C(Br)C2CCC(C(C)(C)C)CC2)cc1. The Morgan fingerprint density at radius 3 is 2.10 bits per heavy atom. The maximum absolute atomic E-state index is 3.98. The van der Waals surface area contributed by atoms with Crippen LogP contribution in [0.4, 0.5) is 0 Å². The minimum absolute atomic E-state index is 0.481. The molecule has 0 N–H and O–H groups in total. The number of hydrogen-bond donors (Lipinski definition) is 0. The minimum atomic E-state index is 0.481. The standard InChI is InChI=1S/C20H31Br/c1-5-6-15-7-9-16(10-8-15)19(21)17-11-13-18(14-12-17)20(2,3)4/h7-10,17-19H,5-6,11-14H2,1-4H3. The molecule has 0 spiro atoms. The van der Waals surface area contributed by atoms with Crippen LogP contribution in [-0.2, 0) is 6.42 Å². The van der Waals surface area contributed by atoms with Gasteiger partial charge in [-0.2, -0.15) is 0 Å². The van der Waals surface area contributed by atoms with Crippen LogP contribution >= 0.6 is 15.9 Å². The molecule has 1 aromatic rings. The molecule has 0 aliphatic heterocycles. The molecule has 1 unspecified atom stereocenters. The Labute approximate surface area is 139 Å². The zero-order valence-corrected chi connectivity index (χ0v) is 15.7. The molecule has 0 heterocycles. The molecule has 1 aliphatic rings. The van der Waals surface area contributed by atoms with E-state index >= 15 is 0 Å². The summed E-state index contributed by atoms with van der Waals surface area (Å²) in [6.07, 6.45) is 7.95. The van der Waals surface area contributed by atoms with Gasteiger partial charge in [0.1, 0.15) is 0 Å². The van der Waals surface area contributed by atoms with Crippen LogP contribution < -0.4 is 0 Å². The predicted molar refractivity (Wildman–Crippen MR) is 97.0 cm³/mol. The summed E-state index contributed by atoms with van der Waals surface area (Å²) in [6, 6.07) is 9.29. The second-order valence-corrected chi connectivity index (χ2v) is 8.86. The van der Waals surface area contributed by atoms with Gasteiger partial charge in [-0.25, -0.2) is 0 Å². The topological polar surface area (TPSA) is 0 Å². The lowest BCUT2D eigenvalue weighted by molar-refractivity contribution is 0.149. The summed E-state index contributed by atoms with van der Waals surface area (Å²) < 4.78 is 0. The number of rotatable bonds is 4. The van der Waals surface area contributed by atoms with Crippen LogP contribution in [-0.4, -0.2) is 0 Å². The van der Waals surface area contributed by atoms with Crippen LogP contribution in [0.5, 0.6) is 0 Å². The van der Waals surface area contributed by atoms with Crippen molar-refractivity contribution in [1.29, 1.82) is 0 Å². The third-order valence-corrected chi connectivity index (χ3v) is 6.52. The van der Waals surface area contributed by atoms with E-state index in [2.05, 4.69) is 67.9 Å². The molecule has 0 amide bonds. The largest absolute Gasteiger partial charge is 0.0836 e. The molecule has 0 aromatic heterocycles. The summed E-state index contributed by atoms with van der Waals surface area (Å²) in [4.78, 5) is 0.536. The minimum Gasteiger partial charge on any atom is -0.0836 e. The zero-order chi connectivity index (χ0) is 15.5. The fourth-order valence-electron chi connectivity index (χ4n) is 3.71. The Morgan fingerprint density at radius 2 is 1.62 bits per heavy atom. The smallest absolute Gasteiger partial charge is 0.0423 e. The van der Waals surface area contributed by atoms with Crippen molar-refractivity contribution in [3.8, 4) is 0 Å². The van der Waals surface area contributed by atoms with Gasteiger partial charge in [-0.3, -0.25) is 0 Å². The van der Waals surface area contributed by atoms with Crippen molar-refractivity contribution in [2.24, 2.45) is 17.3 Å². The van der Waals surface area contributed by atoms with Crippen LogP contribution in [0.15, 0.2) is 24.3 Å². The summed E-state index contributed by atoms with van der Waals surface area (Å²) in [6.45, 7) is 9.44. The fraction of sp³-hybridized carbons (Fsp3) is 0.700. The van der Waals surface area contributed by atoms with E-state index in [4.69, 9.17) is 0 Å². The van der Waals surface area contributed by atoms with E-state index in [-0.39, 0.29) is 0 Å². The molecular formula is C20H31Br. The van der Waals surface area contributed by atoms with E-state index in [1.165, 1.54) is 49.7 Å². The monoisotopic (exact) mass is 350 g/mol. The van der Waals surface area contributed by atoms with Crippen molar-refractivity contribution < 1.29 is 0 Å². The Bertz CT molecular complexity index is 418. The van der Waals surface area contributed by atoms with Crippen LogP contribution in [0.1, 0.15) is 75.8 Å². The maximum atomic E-state index is 3.98. The van der Waals surface area contributed by atoms with E-state index in [1.54, 1.807) is 0 Å². The van der Waals surface area contributed by atoms with Crippen molar-refractivity contribution in [1.82, 2.24) is 0 Å². The van der Waals surface area contributed by atoms with Crippen molar-refractivity contribution in [3.63, 3.8) is 0 Å². The summed E-state index contributed by atoms with van der Waals surface area (Å²) in [5.41, 5.74) is 3.42. The van der Waals surface area contributed by atoms with Gasteiger partial charge in [0.05, 0.1) is 0 Å². The van der Waals surface area contributed by atoms with E-state index in [0.717, 1.165) is 11.8 Å². The quantitative estimate of drug-likeness (QED) is 0.516. The summed E-state index contributed by atoms with van der Waals surface area (Å²) in [5.74, 6) is 1.71. The van der Waals surface area contributed by atoms with Crippen LogP contribution in [0, 0.1) is 17.3 Å². The van der Waals surface area contributed by atoms with Crippen LogP contribution in [0.3, 0.4) is 0 Å². The molecule has 1 aromatic carbocycles. The highest BCUT2D eigenvalue weighted by Gasteiger charge is 2.32. The first-order chi connectivity index (χ1) is 9.91. The Hall–Kier alpha value is -0.300. The maximum Gasteiger partial charge on any atom is 0.0423 e. The third-order valence-electron chi connectivity index (χ3n) is 5.25. The third kappa shape index (κ3) is 4.58. The van der Waals surface area contributed by atoms with Crippen molar-refractivity contribution in [3.05, 3.63) is 35.4 Å². The number of halogens is 1. The van der Waals surface area contributed by atoms with Crippen molar-refractivity contribution in [2.45, 2.75) is 71.0 Å². The molecule has 0 nitrogen and oxygen atoms in total. The lowest BCUT2D eigenvalue weighted by Crippen LogP contribution is -2.27. The van der Waals surface area contributed by atoms with E-state index < -0.39 is 0 Å². The molecule has 1 heteroatoms. The lowest BCUT2D eigenvalue weighted by atomic mass is 9.69. The van der Waals surface area contributed by atoms with Gasteiger partial charge in [0.2, 0.25) is 0 Å². The number of hydrogen-bond acceptors (Lipinski definition) is 0. The van der Waals surface area contributed by atoms with Gasteiger partial charge in [-0.05, 0) is 60.5 Å². The highest BCUT2D eigenvalue weighted by molar-refractivity contribution is 9.09. The molecule has 0 radical (unpaired) electrons. The molecule has 21 heavy (non-hydrogen) atoms. The Kier molecular flexibility index (Phi) is 5.94. The highest BCUT2D eigenvalue weighted by atomic mass is 79.9. The first kappa shape index (κ1) is 17.1. The van der Waals surface area contributed by atoms with Gasteiger partial charge in [0.15, 0.2) is 0 Å². The Balaban J connectivity index is 1.93. The van der Waals surface area contributed by atoms with Gasteiger partial charge in [0.25, 0.3) is 0 Å². The predicted octanol–water partition coefficient (Wildman–Crippen LogP) is 6.93. The average Bonchev–Trinajstić information content (AvgIpc) is 2.47. The molecule has 0 saturated heterocycles. The van der Waals surface area contributed by atoms with Crippen LogP contribution in [0.2, 0.25) is 0 Å². The number of alkyl halides is 1. The highest BCUT2D eigenvalue weighted by Crippen LogP contribution is 2.46. The van der Waals surface area contributed by atoms with Gasteiger partial charge >= 0.3 is 0 Å². The van der Waals surface area contributed by atoms with Crippen LogP contribution in [0.25, 0.3) is 0 Å². The summed E-state index contributed by atoms with van der Waals surface area (Å²) in [5, 5.41) is 0. The van der Waals surface area contributed by atoms with Gasteiger partial charge in [-0.15, -0.1) is 0 Å². The molecule has 118 valence electrons. The van der Waals surface area contributed by atoms with Crippen molar-refractivity contribution in [2.75, 3.05) is 0 Å². The molecule has 1 atom stereocenters. The summed E-state index contributed by atoms with van der Waals surface area (Å²) in [7, 11) is 0. The number of benzene rings is 1. The first-order valence-electron chi connectivity index (χ1n) is 8.64. The second-order valence-electron chi connectivity index (χ2n) is 7.87. The molecule has 2 rings (SSSR count). The average molecular weight is 351 g/mol.